The fourth-order valence-electron chi connectivity index (χ4n) is 2.18. The molecule has 21 heavy (non-hydrogen) atoms. The third kappa shape index (κ3) is 3.55. The smallest absolute Gasteiger partial charge is 0.242 e. The first kappa shape index (κ1) is 16.2. The van der Waals surface area contributed by atoms with Gasteiger partial charge in [0.2, 0.25) is 15.9 Å². The normalized spacial score (nSPS) is 15.0. The largest absolute Gasteiger partial charge is 0.396 e. The van der Waals surface area contributed by atoms with Gasteiger partial charge >= 0.3 is 0 Å². The van der Waals surface area contributed by atoms with Crippen molar-refractivity contribution in [2.45, 2.75) is 37.1 Å². The molecule has 0 aromatic heterocycles. The first-order valence-corrected chi connectivity index (χ1v) is 8.28. The molecule has 3 N–H and O–H groups in total. The Hall–Kier alpha value is -1.15. The van der Waals surface area contributed by atoms with Gasteiger partial charge in [-0.3, -0.25) is 4.79 Å². The molecular weight excluding hydrogens is 316 g/mol. The summed E-state index contributed by atoms with van der Waals surface area (Å²) in [6.45, 7) is 3.21. The molecule has 1 amide bonds. The standard InChI is InChI=1S/C13H17ClN2O4S/c1-13(2,3-4-17)16-21(19,20)11-5-8-6-12(18)15-10(8)7-9(11)14/h5,7,16-17H,3-4,6H2,1-2H3,(H,15,18). The van der Waals surface area contributed by atoms with Gasteiger partial charge in [0.1, 0.15) is 4.90 Å². The number of benzene rings is 1. The fraction of sp³-hybridized carbons (Fsp3) is 0.462. The predicted octanol–water partition coefficient (Wildman–Crippen LogP) is 1.27. The van der Waals surface area contributed by atoms with E-state index in [1.807, 2.05) is 0 Å². The van der Waals surface area contributed by atoms with Gasteiger partial charge in [-0.05, 0) is 38.0 Å². The zero-order chi connectivity index (χ0) is 15.8. The van der Waals surface area contributed by atoms with E-state index in [4.69, 9.17) is 16.7 Å². The average molecular weight is 333 g/mol. The van der Waals surface area contributed by atoms with Gasteiger partial charge in [0, 0.05) is 17.8 Å². The lowest BCUT2D eigenvalue weighted by atomic mass is 10.0. The molecule has 8 heteroatoms. The van der Waals surface area contributed by atoms with Crippen molar-refractivity contribution in [3.05, 3.63) is 22.7 Å². The Labute approximate surface area is 128 Å². The number of hydrogen-bond donors (Lipinski definition) is 3. The number of fused-ring (bicyclic) bond motifs is 1. The SMILES string of the molecule is CC(C)(CCO)NS(=O)(=O)c1cc2c(cc1Cl)NC(=O)C2. The third-order valence-corrected chi connectivity index (χ3v) is 5.38. The highest BCUT2D eigenvalue weighted by molar-refractivity contribution is 7.89. The van der Waals surface area contributed by atoms with Crippen LogP contribution in [0.5, 0.6) is 0 Å². The molecule has 0 fully saturated rings. The number of nitrogens with one attached hydrogen (secondary N) is 2. The molecule has 2 rings (SSSR count). The maximum absolute atomic E-state index is 12.4. The number of aliphatic hydroxyl groups is 1. The van der Waals surface area contributed by atoms with E-state index in [9.17, 15) is 13.2 Å². The predicted molar refractivity (Wildman–Crippen MR) is 79.9 cm³/mol. The molecule has 1 aliphatic heterocycles. The number of carbonyl (C=O) groups excluding carboxylic acids is 1. The zero-order valence-electron chi connectivity index (χ0n) is 11.7. The minimum atomic E-state index is -3.84. The van der Waals surface area contributed by atoms with Crippen LogP contribution >= 0.6 is 11.6 Å². The first-order chi connectivity index (χ1) is 9.64. The summed E-state index contributed by atoms with van der Waals surface area (Å²) in [5.41, 5.74) is 0.340. The Kier molecular flexibility index (Phi) is 4.30. The number of halogens is 1. The molecule has 0 atom stereocenters. The van der Waals surface area contributed by atoms with Crippen LogP contribution in [0.2, 0.25) is 5.02 Å². The van der Waals surface area contributed by atoms with Crippen molar-refractivity contribution >= 4 is 33.2 Å². The van der Waals surface area contributed by atoms with Crippen LogP contribution in [-0.4, -0.2) is 31.6 Å². The molecule has 0 spiro atoms. The van der Waals surface area contributed by atoms with Crippen LogP contribution in [0.25, 0.3) is 0 Å². The summed E-state index contributed by atoms with van der Waals surface area (Å²) in [6, 6.07) is 2.85. The number of sulfonamides is 1. The van der Waals surface area contributed by atoms with Crippen molar-refractivity contribution in [3.63, 3.8) is 0 Å². The molecule has 6 nitrogen and oxygen atoms in total. The van der Waals surface area contributed by atoms with E-state index < -0.39 is 15.6 Å². The Morgan fingerprint density at radius 2 is 2.10 bits per heavy atom. The van der Waals surface area contributed by atoms with Crippen LogP contribution in [0.1, 0.15) is 25.8 Å². The minimum absolute atomic E-state index is 0.0447. The van der Waals surface area contributed by atoms with Gasteiger partial charge in [0.25, 0.3) is 0 Å². The molecule has 0 unspecified atom stereocenters. The van der Waals surface area contributed by atoms with Crippen molar-refractivity contribution < 1.29 is 18.3 Å². The Bertz CT molecular complexity index is 686. The van der Waals surface area contributed by atoms with Gasteiger partial charge < -0.3 is 10.4 Å². The summed E-state index contributed by atoms with van der Waals surface area (Å²) in [7, 11) is -3.84. The molecule has 0 saturated carbocycles. The van der Waals surface area contributed by atoms with E-state index in [0.29, 0.717) is 11.3 Å². The van der Waals surface area contributed by atoms with Crippen molar-refractivity contribution in [3.8, 4) is 0 Å². The van der Waals surface area contributed by atoms with Gasteiger partial charge in [-0.2, -0.15) is 0 Å². The maximum atomic E-state index is 12.4. The number of carbonyl (C=O) groups is 1. The molecular formula is C13H17ClN2O4S. The van der Waals surface area contributed by atoms with Crippen LogP contribution in [0.4, 0.5) is 5.69 Å². The Balaban J connectivity index is 2.38. The zero-order valence-corrected chi connectivity index (χ0v) is 13.3. The third-order valence-electron chi connectivity index (χ3n) is 3.22. The van der Waals surface area contributed by atoms with Gasteiger partial charge in [-0.25, -0.2) is 13.1 Å². The van der Waals surface area contributed by atoms with Crippen LogP contribution in [0, 0.1) is 0 Å². The van der Waals surface area contributed by atoms with Crippen molar-refractivity contribution in [2.75, 3.05) is 11.9 Å². The van der Waals surface area contributed by atoms with E-state index in [0.717, 1.165) is 0 Å². The lowest BCUT2D eigenvalue weighted by Gasteiger charge is -2.25. The highest BCUT2D eigenvalue weighted by Crippen LogP contribution is 2.32. The molecule has 1 aliphatic rings. The van der Waals surface area contributed by atoms with Crippen LogP contribution in [0.3, 0.4) is 0 Å². The number of amides is 1. The van der Waals surface area contributed by atoms with Crippen molar-refractivity contribution in [1.82, 2.24) is 4.72 Å². The minimum Gasteiger partial charge on any atom is -0.396 e. The highest BCUT2D eigenvalue weighted by Gasteiger charge is 2.29. The van der Waals surface area contributed by atoms with Gasteiger partial charge in [0.05, 0.1) is 11.4 Å². The quantitative estimate of drug-likeness (QED) is 0.756. The second-order valence-corrected chi connectivity index (χ2v) is 7.69. The van der Waals surface area contributed by atoms with Crippen molar-refractivity contribution in [1.29, 1.82) is 0 Å². The van der Waals surface area contributed by atoms with E-state index >= 15 is 0 Å². The van der Waals surface area contributed by atoms with E-state index in [2.05, 4.69) is 10.0 Å². The molecule has 116 valence electrons. The monoisotopic (exact) mass is 332 g/mol. The molecule has 0 radical (unpaired) electrons. The molecule has 1 aromatic rings. The fourth-order valence-corrected chi connectivity index (χ4v) is 4.20. The molecule has 1 heterocycles. The van der Waals surface area contributed by atoms with Gasteiger partial charge in [-0.1, -0.05) is 11.6 Å². The summed E-state index contributed by atoms with van der Waals surface area (Å²) in [4.78, 5) is 11.3. The van der Waals surface area contributed by atoms with Crippen molar-refractivity contribution in [2.24, 2.45) is 0 Å². The number of hydrogen-bond acceptors (Lipinski definition) is 4. The van der Waals surface area contributed by atoms with Gasteiger partial charge in [-0.15, -0.1) is 0 Å². The van der Waals surface area contributed by atoms with E-state index in [1.165, 1.54) is 12.1 Å². The lowest BCUT2D eigenvalue weighted by molar-refractivity contribution is -0.115. The molecule has 0 bridgehead atoms. The number of anilines is 1. The molecule has 0 saturated heterocycles. The Morgan fingerprint density at radius 1 is 1.43 bits per heavy atom. The van der Waals surface area contributed by atoms with E-state index in [-0.39, 0.29) is 35.3 Å². The van der Waals surface area contributed by atoms with Gasteiger partial charge in [0.15, 0.2) is 0 Å². The van der Waals surface area contributed by atoms with E-state index in [1.54, 1.807) is 13.8 Å². The summed E-state index contributed by atoms with van der Waals surface area (Å²) >= 11 is 6.03. The second-order valence-electron chi connectivity index (χ2n) is 5.63. The summed E-state index contributed by atoms with van der Waals surface area (Å²) in [5, 5.41) is 11.6. The second kappa shape index (κ2) is 5.57. The maximum Gasteiger partial charge on any atom is 0.242 e. The topological polar surface area (TPSA) is 95.5 Å². The average Bonchev–Trinajstić information content (AvgIpc) is 2.65. The number of rotatable bonds is 5. The number of aliphatic hydroxyl groups excluding tert-OH is 1. The molecule has 1 aromatic carbocycles. The summed E-state index contributed by atoms with van der Waals surface area (Å²) in [5.74, 6) is -0.191. The van der Waals surface area contributed by atoms with Crippen LogP contribution in [0.15, 0.2) is 17.0 Å². The summed E-state index contributed by atoms with van der Waals surface area (Å²) in [6.07, 6.45) is 0.407. The first-order valence-electron chi connectivity index (χ1n) is 6.42. The van der Waals surface area contributed by atoms with Crippen LogP contribution in [-0.2, 0) is 21.2 Å². The van der Waals surface area contributed by atoms with Crippen LogP contribution < -0.4 is 10.0 Å². The highest BCUT2D eigenvalue weighted by atomic mass is 35.5. The molecule has 0 aliphatic carbocycles. The Morgan fingerprint density at radius 3 is 2.71 bits per heavy atom. The lowest BCUT2D eigenvalue weighted by Crippen LogP contribution is -2.44. The summed E-state index contributed by atoms with van der Waals surface area (Å²) < 4.78 is 27.4.